The Morgan fingerprint density at radius 2 is 1.86 bits per heavy atom. The molecule has 0 aliphatic carbocycles. The van der Waals surface area contributed by atoms with Crippen molar-refractivity contribution in [2.75, 3.05) is 13.1 Å². The molecule has 1 saturated heterocycles. The predicted molar refractivity (Wildman–Crippen MR) is 78.1 cm³/mol. The second-order valence-corrected chi connectivity index (χ2v) is 5.87. The first-order valence-corrected chi connectivity index (χ1v) is 7.26. The number of amides is 1. The van der Waals surface area contributed by atoms with E-state index in [0.717, 1.165) is 5.56 Å². The van der Waals surface area contributed by atoms with Crippen LogP contribution in [0.3, 0.4) is 0 Å². The molecule has 1 aliphatic heterocycles. The van der Waals surface area contributed by atoms with Crippen molar-refractivity contribution in [3.05, 3.63) is 35.9 Å². The van der Waals surface area contributed by atoms with Crippen molar-refractivity contribution in [1.29, 1.82) is 0 Å². The number of carboxylic acids is 1. The summed E-state index contributed by atoms with van der Waals surface area (Å²) in [7, 11) is 0. The van der Waals surface area contributed by atoms with E-state index in [0.29, 0.717) is 0 Å². The van der Waals surface area contributed by atoms with E-state index in [9.17, 15) is 24.6 Å². The zero-order valence-corrected chi connectivity index (χ0v) is 12.5. The van der Waals surface area contributed by atoms with Gasteiger partial charge < -0.3 is 10.2 Å². The van der Waals surface area contributed by atoms with Gasteiger partial charge in [0.25, 0.3) is 0 Å². The van der Waals surface area contributed by atoms with Gasteiger partial charge in [-0.3, -0.25) is 9.59 Å². The van der Waals surface area contributed by atoms with Crippen LogP contribution < -0.4 is 0 Å². The highest BCUT2D eigenvalue weighted by atomic mass is 16.4. The van der Waals surface area contributed by atoms with Crippen LogP contribution in [0.1, 0.15) is 25.3 Å². The molecule has 6 heteroatoms. The Morgan fingerprint density at radius 1 is 1.23 bits per heavy atom. The van der Waals surface area contributed by atoms with E-state index >= 15 is 0 Å². The minimum atomic E-state index is -1.61. The summed E-state index contributed by atoms with van der Waals surface area (Å²) in [6, 6.07) is 9.09. The largest absolute Gasteiger partial charge is 0.513 e. The molecule has 1 aromatic rings. The minimum Gasteiger partial charge on any atom is -0.480 e. The lowest BCUT2D eigenvalue weighted by molar-refractivity contribution is -0.877. The number of hydrogen-bond acceptors (Lipinski definition) is 3. The number of Topliss-reactive ketones (excluding diaryl/α,β-unsaturated/α-hetero) is 1. The molecule has 0 spiro atoms. The van der Waals surface area contributed by atoms with E-state index in [4.69, 9.17) is 0 Å². The molecule has 2 atom stereocenters. The SMILES string of the molecule is CCC1(C(=O)O)C[N+](Cc2ccccc2)(C(=O)O)CCC1=O. The van der Waals surface area contributed by atoms with Crippen LogP contribution in [-0.4, -0.2) is 45.6 Å². The van der Waals surface area contributed by atoms with Gasteiger partial charge >= 0.3 is 12.1 Å². The van der Waals surface area contributed by atoms with E-state index in [2.05, 4.69) is 0 Å². The molecule has 0 radical (unpaired) electrons. The fourth-order valence-electron chi connectivity index (χ4n) is 3.18. The van der Waals surface area contributed by atoms with E-state index in [1.54, 1.807) is 6.92 Å². The highest BCUT2D eigenvalue weighted by Crippen LogP contribution is 2.36. The number of aliphatic carboxylic acids is 1. The highest BCUT2D eigenvalue weighted by Gasteiger charge is 2.57. The third-order valence-electron chi connectivity index (χ3n) is 4.62. The van der Waals surface area contributed by atoms with Crippen molar-refractivity contribution in [3.63, 3.8) is 0 Å². The predicted octanol–water partition coefficient (Wildman–Crippen LogP) is 2.14. The monoisotopic (exact) mass is 306 g/mol. The van der Waals surface area contributed by atoms with Crippen LogP contribution in [0.2, 0.25) is 0 Å². The Balaban J connectivity index is 2.41. The smallest absolute Gasteiger partial charge is 0.480 e. The zero-order chi connectivity index (χ0) is 16.4. The Kier molecular flexibility index (Phi) is 4.32. The van der Waals surface area contributed by atoms with Gasteiger partial charge in [-0.05, 0) is 6.42 Å². The number of carbonyl (C=O) groups is 3. The number of carboxylic acid groups (broad SMARTS) is 2. The van der Waals surface area contributed by atoms with Crippen LogP contribution in [0.15, 0.2) is 30.3 Å². The van der Waals surface area contributed by atoms with E-state index in [-0.39, 0.29) is 38.3 Å². The summed E-state index contributed by atoms with van der Waals surface area (Å²) < 4.78 is -0.421. The van der Waals surface area contributed by atoms with Gasteiger partial charge in [0.2, 0.25) is 0 Å². The van der Waals surface area contributed by atoms with Gasteiger partial charge in [0.1, 0.15) is 13.1 Å². The third-order valence-corrected chi connectivity index (χ3v) is 4.62. The number of carbonyl (C=O) groups excluding carboxylic acids is 1. The summed E-state index contributed by atoms with van der Waals surface area (Å²) in [5.74, 6) is -1.60. The Bertz CT molecular complexity index is 600. The van der Waals surface area contributed by atoms with Crippen LogP contribution in [0.25, 0.3) is 0 Å². The lowest BCUT2D eigenvalue weighted by Gasteiger charge is -2.42. The first kappa shape index (κ1) is 16.2. The standard InChI is InChI=1S/C16H19NO5/c1-2-16(14(19)20)11-17(15(21)22,9-8-13(16)18)10-12-6-4-3-5-7-12/h3-7H,2,8-11H2,1H3,(H-,19,20,21,22)/p+1. The summed E-state index contributed by atoms with van der Waals surface area (Å²) in [5, 5.41) is 19.2. The molecule has 22 heavy (non-hydrogen) atoms. The first-order chi connectivity index (χ1) is 10.4. The molecule has 1 aliphatic rings. The molecule has 1 fully saturated rings. The van der Waals surface area contributed by atoms with Crippen LogP contribution in [-0.2, 0) is 16.1 Å². The second kappa shape index (κ2) is 5.88. The fraction of sp³-hybridized carbons (Fsp3) is 0.438. The lowest BCUT2D eigenvalue weighted by Crippen LogP contribution is -2.65. The van der Waals surface area contributed by atoms with Crippen molar-refractivity contribution in [3.8, 4) is 0 Å². The van der Waals surface area contributed by atoms with Gasteiger partial charge in [-0.25, -0.2) is 4.48 Å². The zero-order valence-electron chi connectivity index (χ0n) is 12.5. The van der Waals surface area contributed by atoms with Gasteiger partial charge in [-0.15, -0.1) is 0 Å². The summed E-state index contributed by atoms with van der Waals surface area (Å²) >= 11 is 0. The quantitative estimate of drug-likeness (QED) is 0.657. The van der Waals surface area contributed by atoms with Gasteiger partial charge in [-0.1, -0.05) is 37.3 Å². The molecule has 6 nitrogen and oxygen atoms in total. The van der Waals surface area contributed by atoms with Gasteiger partial charge in [0.05, 0.1) is 13.0 Å². The lowest BCUT2D eigenvalue weighted by atomic mass is 9.75. The molecule has 1 amide bonds. The molecule has 1 aromatic carbocycles. The number of likely N-dealkylation sites (tertiary alicyclic amines) is 1. The van der Waals surface area contributed by atoms with Crippen molar-refractivity contribution in [1.82, 2.24) is 0 Å². The van der Waals surface area contributed by atoms with E-state index in [1.807, 2.05) is 30.3 Å². The average molecular weight is 306 g/mol. The molecule has 0 aromatic heterocycles. The fourth-order valence-corrected chi connectivity index (χ4v) is 3.18. The second-order valence-electron chi connectivity index (χ2n) is 5.87. The maximum atomic E-state index is 12.2. The number of benzene rings is 1. The van der Waals surface area contributed by atoms with E-state index in [1.165, 1.54) is 0 Å². The third kappa shape index (κ3) is 2.62. The number of nitrogens with zero attached hydrogens (tertiary/aromatic N) is 1. The molecular weight excluding hydrogens is 286 g/mol. The molecular formula is C16H20NO5+. The number of ketones is 1. The Morgan fingerprint density at radius 3 is 2.36 bits per heavy atom. The van der Waals surface area contributed by atoms with E-state index < -0.39 is 22.0 Å². The highest BCUT2D eigenvalue weighted by molar-refractivity contribution is 6.03. The molecule has 2 rings (SSSR count). The van der Waals surface area contributed by atoms with Crippen LogP contribution in [0.5, 0.6) is 0 Å². The van der Waals surface area contributed by atoms with Crippen molar-refractivity contribution in [2.45, 2.75) is 26.3 Å². The van der Waals surface area contributed by atoms with Crippen LogP contribution >= 0.6 is 0 Å². The van der Waals surface area contributed by atoms with Gasteiger partial charge in [0, 0.05) is 5.56 Å². The van der Waals surface area contributed by atoms with Crippen molar-refractivity contribution < 1.29 is 29.1 Å². The maximum absolute atomic E-state index is 12.2. The van der Waals surface area contributed by atoms with Crippen molar-refractivity contribution in [2.24, 2.45) is 5.41 Å². The summed E-state index contributed by atoms with van der Waals surface area (Å²) in [6.07, 6.45) is -1.02. The number of piperidine rings is 1. The van der Waals surface area contributed by atoms with Crippen LogP contribution in [0.4, 0.5) is 4.79 Å². The van der Waals surface area contributed by atoms with Gasteiger partial charge in [-0.2, -0.15) is 4.79 Å². The summed E-state index contributed by atoms with van der Waals surface area (Å²) in [5.41, 5.74) is -0.791. The van der Waals surface area contributed by atoms with Crippen molar-refractivity contribution >= 4 is 17.8 Å². The molecule has 118 valence electrons. The topological polar surface area (TPSA) is 91.7 Å². The van der Waals surface area contributed by atoms with Crippen LogP contribution in [0, 0.1) is 5.41 Å². The summed E-state index contributed by atoms with van der Waals surface area (Å²) in [6.45, 7) is 1.72. The molecule has 1 heterocycles. The first-order valence-electron chi connectivity index (χ1n) is 7.26. The molecule has 0 saturated carbocycles. The molecule has 2 N–H and O–H groups in total. The normalized spacial score (nSPS) is 28.3. The molecule has 0 bridgehead atoms. The number of rotatable bonds is 4. The Labute approximate surface area is 128 Å². The summed E-state index contributed by atoms with van der Waals surface area (Å²) in [4.78, 5) is 35.7. The average Bonchev–Trinajstić information content (AvgIpc) is 2.50. The maximum Gasteiger partial charge on any atom is 0.513 e. The number of quaternary nitrogens is 1. The minimum absolute atomic E-state index is 0.0285. The Hall–Kier alpha value is -2.21. The molecule has 2 unspecified atom stereocenters. The van der Waals surface area contributed by atoms with Gasteiger partial charge in [0.15, 0.2) is 11.2 Å². The number of hydrogen-bond donors (Lipinski definition) is 2.